The first-order chi connectivity index (χ1) is 10.3. The topological polar surface area (TPSA) is 62.5 Å². The highest BCUT2D eigenvalue weighted by atomic mass is 16.4. The number of carboxylic acids is 1. The Balaban J connectivity index is 2.85. The van der Waals surface area contributed by atoms with Gasteiger partial charge in [-0.15, -0.1) is 0 Å². The fraction of sp³-hybridized carbons (Fsp3) is 0.500. The van der Waals surface area contributed by atoms with Crippen LogP contribution in [-0.4, -0.2) is 27.4 Å². The Labute approximate surface area is 131 Å². The summed E-state index contributed by atoms with van der Waals surface area (Å²) in [6.07, 6.45) is 3.97. The average Bonchev–Trinajstić information content (AvgIpc) is 2.76. The van der Waals surface area contributed by atoms with Crippen LogP contribution in [0.15, 0.2) is 18.3 Å². The maximum atomic E-state index is 11.5. The molecule has 0 bridgehead atoms. The highest BCUT2D eigenvalue weighted by molar-refractivity contribution is 5.97. The van der Waals surface area contributed by atoms with Crippen molar-refractivity contribution in [3.05, 3.63) is 35.0 Å². The third-order valence-electron chi connectivity index (χ3n) is 3.97. The molecular formula is C18H25NO3. The minimum atomic E-state index is -0.898. The molecular weight excluding hydrogens is 278 g/mol. The highest BCUT2D eigenvalue weighted by Gasteiger charge is 2.23. The van der Waals surface area contributed by atoms with Gasteiger partial charge in [0.1, 0.15) is 0 Å². The Morgan fingerprint density at radius 3 is 2.45 bits per heavy atom. The van der Waals surface area contributed by atoms with Gasteiger partial charge in [0.15, 0.2) is 0 Å². The number of hydrogen-bond acceptors (Lipinski definition) is 2. The Bertz CT molecular complexity index is 692. The number of hydrogen-bond donors (Lipinski definition) is 2. The maximum absolute atomic E-state index is 11.5. The van der Waals surface area contributed by atoms with Gasteiger partial charge in [-0.3, -0.25) is 0 Å². The Morgan fingerprint density at radius 2 is 1.95 bits per heavy atom. The van der Waals surface area contributed by atoms with Crippen LogP contribution in [0.1, 0.15) is 55.6 Å². The van der Waals surface area contributed by atoms with Gasteiger partial charge in [-0.25, -0.2) is 4.79 Å². The molecule has 0 atom stereocenters. The van der Waals surface area contributed by atoms with E-state index in [-0.39, 0.29) is 12.0 Å². The van der Waals surface area contributed by atoms with Crippen LogP contribution < -0.4 is 0 Å². The van der Waals surface area contributed by atoms with Gasteiger partial charge < -0.3 is 14.8 Å². The number of carbonyl (C=O) groups is 1. The monoisotopic (exact) mass is 303 g/mol. The zero-order valence-electron chi connectivity index (χ0n) is 13.8. The van der Waals surface area contributed by atoms with Crippen molar-refractivity contribution in [3.8, 4) is 0 Å². The average molecular weight is 303 g/mol. The Hall–Kier alpha value is -1.81. The standard InChI is InChI=1S/C18H25NO3/c1-5-6-12-11-19(7-8-20)16-14(12)9-13(17(21)22)10-15(16)18(2,3)4/h9-11,20H,5-8H2,1-4H3,(H,21,22). The molecule has 4 nitrogen and oxygen atoms in total. The van der Waals surface area contributed by atoms with E-state index in [4.69, 9.17) is 0 Å². The molecule has 22 heavy (non-hydrogen) atoms. The molecule has 0 spiro atoms. The SMILES string of the molecule is CCCc1cn(CCO)c2c(C(C)(C)C)cc(C(=O)O)cc12. The first-order valence-electron chi connectivity index (χ1n) is 7.80. The first-order valence-corrected chi connectivity index (χ1v) is 7.80. The summed E-state index contributed by atoms with van der Waals surface area (Å²) in [7, 11) is 0. The van der Waals surface area contributed by atoms with Gasteiger partial charge in [0, 0.05) is 18.1 Å². The Morgan fingerprint density at radius 1 is 1.27 bits per heavy atom. The second-order valence-electron chi connectivity index (χ2n) is 6.80. The molecule has 0 aliphatic rings. The predicted molar refractivity (Wildman–Crippen MR) is 88.7 cm³/mol. The van der Waals surface area contributed by atoms with Gasteiger partial charge >= 0.3 is 5.97 Å². The number of benzene rings is 1. The van der Waals surface area contributed by atoms with Gasteiger partial charge in [-0.05, 0) is 35.1 Å². The molecule has 0 saturated carbocycles. The fourth-order valence-electron chi connectivity index (χ4n) is 2.96. The number of aliphatic hydroxyl groups excluding tert-OH is 1. The molecule has 1 aromatic carbocycles. The minimum Gasteiger partial charge on any atom is -0.478 e. The van der Waals surface area contributed by atoms with Crippen molar-refractivity contribution in [3.63, 3.8) is 0 Å². The number of aryl methyl sites for hydroxylation is 1. The maximum Gasteiger partial charge on any atom is 0.335 e. The summed E-state index contributed by atoms with van der Waals surface area (Å²) in [5, 5.41) is 19.8. The van der Waals surface area contributed by atoms with Crippen molar-refractivity contribution in [2.45, 2.75) is 52.5 Å². The third-order valence-corrected chi connectivity index (χ3v) is 3.97. The molecule has 0 radical (unpaired) electrons. The third kappa shape index (κ3) is 3.02. The van der Waals surface area contributed by atoms with Gasteiger partial charge in [-0.1, -0.05) is 34.1 Å². The number of rotatable bonds is 5. The zero-order valence-corrected chi connectivity index (χ0v) is 13.8. The van der Waals surface area contributed by atoms with Gasteiger partial charge in [-0.2, -0.15) is 0 Å². The molecule has 0 saturated heterocycles. The summed E-state index contributed by atoms with van der Waals surface area (Å²) >= 11 is 0. The van der Waals surface area contributed by atoms with E-state index in [0.717, 1.165) is 34.9 Å². The van der Waals surface area contributed by atoms with E-state index in [1.165, 1.54) is 0 Å². The van der Waals surface area contributed by atoms with Crippen LogP contribution in [0.2, 0.25) is 0 Å². The number of carboxylic acid groups (broad SMARTS) is 1. The minimum absolute atomic E-state index is 0.0691. The normalized spacial score (nSPS) is 12.0. The Kier molecular flexibility index (Phi) is 4.61. The van der Waals surface area contributed by atoms with Crippen molar-refractivity contribution >= 4 is 16.9 Å². The van der Waals surface area contributed by atoms with E-state index in [9.17, 15) is 15.0 Å². The number of aromatic nitrogens is 1. The van der Waals surface area contributed by atoms with E-state index < -0.39 is 5.97 Å². The lowest BCUT2D eigenvalue weighted by Crippen LogP contribution is -2.15. The van der Waals surface area contributed by atoms with Gasteiger partial charge in [0.25, 0.3) is 0 Å². The van der Waals surface area contributed by atoms with Crippen LogP contribution >= 0.6 is 0 Å². The smallest absolute Gasteiger partial charge is 0.335 e. The summed E-state index contributed by atoms with van der Waals surface area (Å²) in [5.41, 5.74) is 3.38. The number of aliphatic hydroxyl groups is 1. The number of aromatic carboxylic acids is 1. The molecule has 4 heteroatoms. The number of fused-ring (bicyclic) bond motifs is 1. The molecule has 1 aromatic heterocycles. The molecule has 0 amide bonds. The van der Waals surface area contributed by atoms with Gasteiger partial charge in [0.2, 0.25) is 0 Å². The van der Waals surface area contributed by atoms with Crippen LogP contribution in [0, 0.1) is 0 Å². The molecule has 2 N–H and O–H groups in total. The van der Waals surface area contributed by atoms with E-state index in [0.29, 0.717) is 12.1 Å². The summed E-state index contributed by atoms with van der Waals surface area (Å²) in [4.78, 5) is 11.5. The van der Waals surface area contributed by atoms with E-state index >= 15 is 0 Å². The van der Waals surface area contributed by atoms with Crippen molar-refractivity contribution in [1.82, 2.24) is 4.57 Å². The summed E-state index contributed by atoms with van der Waals surface area (Å²) in [6, 6.07) is 3.54. The molecule has 120 valence electrons. The van der Waals surface area contributed by atoms with Crippen molar-refractivity contribution in [1.29, 1.82) is 0 Å². The first kappa shape index (κ1) is 16.6. The molecule has 2 rings (SSSR count). The fourth-order valence-corrected chi connectivity index (χ4v) is 2.96. The lowest BCUT2D eigenvalue weighted by molar-refractivity contribution is 0.0697. The lowest BCUT2D eigenvalue weighted by atomic mass is 9.84. The summed E-state index contributed by atoms with van der Waals surface area (Å²) in [5.74, 6) is -0.898. The second-order valence-corrected chi connectivity index (χ2v) is 6.80. The van der Waals surface area contributed by atoms with Gasteiger partial charge in [0.05, 0.1) is 17.7 Å². The largest absolute Gasteiger partial charge is 0.478 e. The van der Waals surface area contributed by atoms with E-state index in [2.05, 4.69) is 38.5 Å². The van der Waals surface area contributed by atoms with Crippen LogP contribution in [0.25, 0.3) is 10.9 Å². The van der Waals surface area contributed by atoms with E-state index in [1.807, 2.05) is 0 Å². The van der Waals surface area contributed by atoms with Crippen molar-refractivity contribution in [2.24, 2.45) is 0 Å². The van der Waals surface area contributed by atoms with Crippen molar-refractivity contribution < 1.29 is 15.0 Å². The zero-order chi connectivity index (χ0) is 16.5. The van der Waals surface area contributed by atoms with Crippen molar-refractivity contribution in [2.75, 3.05) is 6.61 Å². The highest BCUT2D eigenvalue weighted by Crippen LogP contribution is 2.34. The van der Waals surface area contributed by atoms with Crippen LogP contribution in [0.5, 0.6) is 0 Å². The van der Waals surface area contributed by atoms with E-state index in [1.54, 1.807) is 12.1 Å². The van der Waals surface area contributed by atoms with Crippen LogP contribution in [-0.2, 0) is 18.4 Å². The number of nitrogens with zero attached hydrogens (tertiary/aromatic N) is 1. The molecule has 0 aliphatic heterocycles. The molecule has 0 fully saturated rings. The molecule has 0 unspecified atom stereocenters. The molecule has 1 heterocycles. The molecule has 0 aliphatic carbocycles. The lowest BCUT2D eigenvalue weighted by Gasteiger charge is -2.22. The molecule has 2 aromatic rings. The second kappa shape index (κ2) is 6.13. The quantitative estimate of drug-likeness (QED) is 0.887. The van der Waals surface area contributed by atoms with Crippen LogP contribution in [0.4, 0.5) is 0 Å². The predicted octanol–water partition coefficient (Wildman–Crippen LogP) is 3.58. The van der Waals surface area contributed by atoms with Crippen LogP contribution in [0.3, 0.4) is 0 Å². The summed E-state index contributed by atoms with van der Waals surface area (Å²) in [6.45, 7) is 8.96. The summed E-state index contributed by atoms with van der Waals surface area (Å²) < 4.78 is 2.06.